The Kier molecular flexibility index (Phi) is 10.4. The van der Waals surface area contributed by atoms with Crippen molar-refractivity contribution in [2.24, 2.45) is 16.5 Å². The highest BCUT2D eigenvalue weighted by atomic mass is 32.2. The first-order valence-corrected chi connectivity index (χ1v) is 19.3. The summed E-state index contributed by atoms with van der Waals surface area (Å²) < 4.78 is 60.6. The lowest BCUT2D eigenvalue weighted by Crippen LogP contribution is -2.60. The van der Waals surface area contributed by atoms with Crippen LogP contribution in [0.2, 0.25) is 0 Å². The molecule has 3 aliphatic rings. The number of fused-ring (bicyclic) bond motifs is 3. The molecular weight excluding hydrogens is 733 g/mol. The van der Waals surface area contributed by atoms with Crippen molar-refractivity contribution in [1.29, 1.82) is 0 Å². The van der Waals surface area contributed by atoms with Gasteiger partial charge in [0, 0.05) is 17.5 Å². The van der Waals surface area contributed by atoms with Crippen molar-refractivity contribution in [3.8, 4) is 11.1 Å². The number of nitrogens with one attached hydrogen (secondary N) is 3. The molecule has 1 aromatic heterocycles. The van der Waals surface area contributed by atoms with Crippen LogP contribution in [-0.4, -0.2) is 86.1 Å². The molecule has 1 aliphatic heterocycles. The third kappa shape index (κ3) is 7.49. The van der Waals surface area contributed by atoms with E-state index < -0.39 is 81.7 Å². The van der Waals surface area contributed by atoms with E-state index in [0.717, 1.165) is 38.5 Å². The summed E-state index contributed by atoms with van der Waals surface area (Å²) in [5.74, 6) is -4.69. The van der Waals surface area contributed by atoms with Crippen LogP contribution in [0.5, 0.6) is 0 Å². The van der Waals surface area contributed by atoms with E-state index in [0.29, 0.717) is 5.71 Å². The van der Waals surface area contributed by atoms with Gasteiger partial charge in [-0.25, -0.2) is 26.7 Å². The highest BCUT2D eigenvalue weighted by molar-refractivity contribution is 7.92. The van der Waals surface area contributed by atoms with E-state index in [1.807, 2.05) is 53.3 Å². The molecule has 53 heavy (non-hydrogen) atoms. The number of carbonyl (C=O) groups is 4. The maximum atomic E-state index is 14.3. The van der Waals surface area contributed by atoms with E-state index >= 15 is 0 Å². The van der Waals surface area contributed by atoms with E-state index in [-0.39, 0.29) is 23.8 Å². The number of alkyl carbamates (subject to hydrolysis) is 1. The molecule has 5 atom stereocenters. The zero-order valence-corrected chi connectivity index (χ0v) is 30.9. The fraction of sp³-hybridized carbons (Fsp3) is 0.417. The van der Waals surface area contributed by atoms with Gasteiger partial charge in [-0.05, 0) is 41.3 Å². The van der Waals surface area contributed by atoms with Gasteiger partial charge < -0.3 is 25.1 Å². The number of hydrogen-bond donors (Lipinski definition) is 3. The van der Waals surface area contributed by atoms with Crippen LogP contribution in [0, 0.1) is 11.3 Å². The molecule has 1 saturated carbocycles. The second-order valence-corrected chi connectivity index (χ2v) is 17.0. The Hall–Kier alpha value is -4.90. The van der Waals surface area contributed by atoms with Gasteiger partial charge in [0.2, 0.25) is 18.2 Å². The molecule has 2 fully saturated rings. The molecule has 4 amide bonds. The quantitative estimate of drug-likeness (QED) is 0.190. The lowest BCUT2D eigenvalue weighted by molar-refractivity contribution is -0.143. The molecule has 0 radical (unpaired) electrons. The van der Waals surface area contributed by atoms with Gasteiger partial charge in [0.15, 0.2) is 0 Å². The summed E-state index contributed by atoms with van der Waals surface area (Å²) in [6, 6.07) is 15.3. The summed E-state index contributed by atoms with van der Waals surface area (Å²) >= 11 is 0.820. The third-order valence-corrected chi connectivity index (χ3v) is 12.2. The normalized spacial score (nSPS) is 22.4. The predicted molar refractivity (Wildman–Crippen MR) is 191 cm³/mol. The predicted octanol–water partition coefficient (Wildman–Crippen LogP) is 4.27. The third-order valence-electron chi connectivity index (χ3n) is 9.50. The van der Waals surface area contributed by atoms with Crippen molar-refractivity contribution in [2.45, 2.75) is 74.9 Å². The highest BCUT2D eigenvalue weighted by Crippen LogP contribution is 2.48. The number of halogens is 2. The standard InChI is InChI=1S/C36H39F2N5O8S2/c1-5-50-34(47)39-29(35(2,3)4)32(45)43-19-20(51-41-28-23-13-8-6-11-21(23)22-12-7-9-14-24(22)28)17-26(43)31(44)40-36(18-25(36)30(37)38)33(46)42-53(48,49)27-15-10-16-52-27/h6-16,20,25-26,29-30H,5,17-19H2,1-4H3,(H,39,47)(H,40,44)(H,42,46)/t20-,25+,26+,29-,36+/m1/s1. The number of rotatable bonds is 11. The summed E-state index contributed by atoms with van der Waals surface area (Å²) in [7, 11) is -4.43. The van der Waals surface area contributed by atoms with Crippen LogP contribution in [-0.2, 0) is 34.0 Å². The van der Waals surface area contributed by atoms with Crippen LogP contribution >= 0.6 is 11.3 Å². The van der Waals surface area contributed by atoms with Crippen LogP contribution < -0.4 is 15.4 Å². The van der Waals surface area contributed by atoms with Gasteiger partial charge in [-0.2, -0.15) is 0 Å². The Morgan fingerprint density at radius 1 is 1.00 bits per heavy atom. The molecule has 2 aromatic carbocycles. The number of hydrogen-bond acceptors (Lipinski definition) is 10. The van der Waals surface area contributed by atoms with E-state index in [1.165, 1.54) is 17.5 Å². The van der Waals surface area contributed by atoms with Crippen molar-refractivity contribution >= 4 is 50.9 Å². The first-order chi connectivity index (χ1) is 25.1. The van der Waals surface area contributed by atoms with Crippen molar-refractivity contribution in [3.63, 3.8) is 0 Å². The average molecular weight is 772 g/mol. The van der Waals surface area contributed by atoms with Crippen molar-refractivity contribution in [3.05, 3.63) is 77.2 Å². The number of likely N-dealkylation sites (tertiary alicyclic amines) is 1. The van der Waals surface area contributed by atoms with E-state index in [4.69, 9.17) is 9.57 Å². The molecule has 3 N–H and O–H groups in total. The van der Waals surface area contributed by atoms with Gasteiger partial charge in [0.05, 0.1) is 19.1 Å². The maximum absolute atomic E-state index is 14.3. The van der Waals surface area contributed by atoms with Gasteiger partial charge in [-0.3, -0.25) is 14.4 Å². The molecule has 6 rings (SSSR count). The average Bonchev–Trinajstić information content (AvgIpc) is 3.45. The zero-order chi connectivity index (χ0) is 38.3. The van der Waals surface area contributed by atoms with Crippen LogP contribution in [0.1, 0.15) is 51.7 Å². The number of ether oxygens (including phenoxy) is 1. The van der Waals surface area contributed by atoms with Gasteiger partial charge in [-0.1, -0.05) is 80.5 Å². The first-order valence-electron chi connectivity index (χ1n) is 16.9. The van der Waals surface area contributed by atoms with Crippen LogP contribution in [0.4, 0.5) is 13.6 Å². The first kappa shape index (κ1) is 37.8. The molecular formula is C36H39F2N5O8S2. The SMILES string of the molecule is CCOC(=O)N[C@H](C(=O)N1C[C@H](ON=C2c3ccccc3-c3ccccc32)C[C@H]1C(=O)N[C@@]1(C(=O)NS(=O)(=O)c2cccs2)C[C@H]1C(F)F)C(C)(C)C. The molecule has 17 heteroatoms. The number of amides is 4. The van der Waals surface area contributed by atoms with Gasteiger partial charge in [-0.15, -0.1) is 11.3 Å². The monoisotopic (exact) mass is 771 g/mol. The summed E-state index contributed by atoms with van der Waals surface area (Å²) in [5.41, 5.74) is 0.913. The Balaban J connectivity index is 1.30. The molecule has 0 unspecified atom stereocenters. The molecule has 13 nitrogen and oxygen atoms in total. The second kappa shape index (κ2) is 14.5. The van der Waals surface area contributed by atoms with Crippen molar-refractivity contribution in [2.75, 3.05) is 13.2 Å². The number of thiophene rings is 1. The van der Waals surface area contributed by atoms with Gasteiger partial charge in [0.25, 0.3) is 15.9 Å². The lowest BCUT2D eigenvalue weighted by atomic mass is 9.85. The Morgan fingerprint density at radius 2 is 1.62 bits per heavy atom. The zero-order valence-electron chi connectivity index (χ0n) is 29.3. The van der Waals surface area contributed by atoms with Crippen LogP contribution in [0.15, 0.2) is 75.4 Å². The lowest BCUT2D eigenvalue weighted by Gasteiger charge is -2.35. The van der Waals surface area contributed by atoms with E-state index in [9.17, 15) is 36.4 Å². The summed E-state index contributed by atoms with van der Waals surface area (Å²) in [4.78, 5) is 61.6. The minimum atomic E-state index is -4.43. The van der Waals surface area contributed by atoms with Gasteiger partial charge >= 0.3 is 6.09 Å². The number of sulfonamides is 1. The largest absolute Gasteiger partial charge is 0.450 e. The minimum absolute atomic E-state index is 0.0335. The van der Waals surface area contributed by atoms with Crippen LogP contribution in [0.3, 0.4) is 0 Å². The highest BCUT2D eigenvalue weighted by Gasteiger charge is 2.66. The smallest absolute Gasteiger partial charge is 0.407 e. The van der Waals surface area contributed by atoms with E-state index in [2.05, 4.69) is 15.8 Å². The summed E-state index contributed by atoms with van der Waals surface area (Å²) in [5, 5.41) is 10.9. The number of alkyl halides is 2. The Bertz CT molecular complexity index is 2010. The second-order valence-electron chi connectivity index (χ2n) is 14.1. The fourth-order valence-corrected chi connectivity index (χ4v) is 8.76. The maximum Gasteiger partial charge on any atom is 0.407 e. The van der Waals surface area contributed by atoms with Crippen molar-refractivity contribution < 1.29 is 46.0 Å². The molecule has 3 aromatic rings. The van der Waals surface area contributed by atoms with Crippen molar-refractivity contribution in [1.82, 2.24) is 20.3 Å². The molecule has 2 aliphatic carbocycles. The molecule has 1 saturated heterocycles. The molecule has 0 bridgehead atoms. The molecule has 0 spiro atoms. The van der Waals surface area contributed by atoms with Crippen LogP contribution in [0.25, 0.3) is 11.1 Å². The minimum Gasteiger partial charge on any atom is -0.450 e. The molecule has 282 valence electrons. The number of nitrogens with zero attached hydrogens (tertiary/aromatic N) is 2. The number of carbonyl (C=O) groups excluding carboxylic acids is 4. The summed E-state index contributed by atoms with van der Waals surface area (Å²) in [6.07, 6.45) is -5.53. The number of benzene rings is 2. The number of oxime groups is 1. The Morgan fingerprint density at radius 3 is 2.15 bits per heavy atom. The summed E-state index contributed by atoms with van der Waals surface area (Å²) in [6.45, 7) is 6.54. The fourth-order valence-electron chi connectivity index (χ4n) is 6.73. The topological polar surface area (TPSA) is 173 Å². The molecule has 2 heterocycles. The van der Waals surface area contributed by atoms with Gasteiger partial charge in [0.1, 0.15) is 33.6 Å². The Labute approximate surface area is 309 Å². The van der Waals surface area contributed by atoms with E-state index in [1.54, 1.807) is 27.7 Å².